The van der Waals surface area contributed by atoms with Gasteiger partial charge in [0.15, 0.2) is 0 Å². The lowest BCUT2D eigenvalue weighted by Gasteiger charge is -2.06. The Morgan fingerprint density at radius 1 is 1.00 bits per heavy atom. The molecule has 0 aromatic heterocycles. The average Bonchev–Trinajstić information content (AvgIpc) is 2.40. The van der Waals surface area contributed by atoms with Crippen molar-refractivity contribution in [2.45, 2.75) is 38.8 Å². The number of ether oxygens (including phenoxy) is 1. The first-order valence-corrected chi connectivity index (χ1v) is 6.75. The standard InChI is InChI=1S/C15H25NO2/c1-18-13-15-8-6-14(7-9-15)12-16-10-4-2-3-5-11-17/h6-9,16-17H,2-5,10-13H2,1H3. The summed E-state index contributed by atoms with van der Waals surface area (Å²) in [6, 6.07) is 8.52. The highest BCUT2D eigenvalue weighted by molar-refractivity contribution is 5.21. The van der Waals surface area contributed by atoms with E-state index in [1.54, 1.807) is 7.11 Å². The molecule has 1 aromatic carbocycles. The van der Waals surface area contributed by atoms with Gasteiger partial charge in [-0.2, -0.15) is 0 Å². The number of unbranched alkanes of at least 4 members (excludes halogenated alkanes) is 3. The van der Waals surface area contributed by atoms with Gasteiger partial charge in [-0.25, -0.2) is 0 Å². The molecule has 102 valence electrons. The molecule has 0 aliphatic rings. The predicted molar refractivity (Wildman–Crippen MR) is 74.4 cm³/mol. The number of methoxy groups -OCH3 is 1. The summed E-state index contributed by atoms with van der Waals surface area (Å²) in [7, 11) is 1.71. The summed E-state index contributed by atoms with van der Waals surface area (Å²) in [6.45, 7) is 2.97. The van der Waals surface area contributed by atoms with Gasteiger partial charge in [0.05, 0.1) is 6.61 Å². The molecule has 0 aliphatic heterocycles. The predicted octanol–water partition coefficient (Wildman–Crippen LogP) is 2.48. The summed E-state index contributed by atoms with van der Waals surface area (Å²) in [4.78, 5) is 0. The van der Waals surface area contributed by atoms with Crippen LogP contribution in [0.4, 0.5) is 0 Å². The Morgan fingerprint density at radius 3 is 2.33 bits per heavy atom. The van der Waals surface area contributed by atoms with Crippen LogP contribution in [0, 0.1) is 0 Å². The number of hydrogen-bond donors (Lipinski definition) is 2. The van der Waals surface area contributed by atoms with Crippen LogP contribution in [0.15, 0.2) is 24.3 Å². The van der Waals surface area contributed by atoms with Crippen molar-refractivity contribution in [3.8, 4) is 0 Å². The van der Waals surface area contributed by atoms with E-state index < -0.39 is 0 Å². The van der Waals surface area contributed by atoms with Crippen molar-refractivity contribution in [2.24, 2.45) is 0 Å². The fourth-order valence-electron chi connectivity index (χ4n) is 1.87. The van der Waals surface area contributed by atoms with E-state index in [-0.39, 0.29) is 0 Å². The van der Waals surface area contributed by atoms with E-state index in [1.165, 1.54) is 24.0 Å². The molecule has 0 saturated carbocycles. The van der Waals surface area contributed by atoms with Gasteiger partial charge in [-0.15, -0.1) is 0 Å². The van der Waals surface area contributed by atoms with Crippen LogP contribution in [0.2, 0.25) is 0 Å². The maximum Gasteiger partial charge on any atom is 0.0713 e. The molecule has 0 atom stereocenters. The Hall–Kier alpha value is -0.900. The van der Waals surface area contributed by atoms with Crippen LogP contribution in [-0.4, -0.2) is 25.4 Å². The van der Waals surface area contributed by atoms with E-state index in [0.717, 1.165) is 25.9 Å². The number of rotatable bonds is 10. The highest BCUT2D eigenvalue weighted by Gasteiger charge is 1.95. The second-order valence-corrected chi connectivity index (χ2v) is 4.56. The highest BCUT2D eigenvalue weighted by atomic mass is 16.5. The Kier molecular flexibility index (Phi) is 8.47. The molecule has 0 amide bonds. The van der Waals surface area contributed by atoms with Crippen LogP contribution < -0.4 is 5.32 Å². The Bertz CT molecular complexity index is 298. The van der Waals surface area contributed by atoms with Crippen LogP contribution in [-0.2, 0) is 17.9 Å². The van der Waals surface area contributed by atoms with E-state index in [1.807, 2.05) is 0 Å². The average molecular weight is 251 g/mol. The van der Waals surface area contributed by atoms with Gasteiger partial charge in [0.1, 0.15) is 0 Å². The Morgan fingerprint density at radius 2 is 1.67 bits per heavy atom. The van der Waals surface area contributed by atoms with Gasteiger partial charge in [-0.05, 0) is 30.5 Å². The summed E-state index contributed by atoms with van der Waals surface area (Å²) < 4.78 is 5.08. The number of aliphatic hydroxyl groups is 1. The molecule has 0 saturated heterocycles. The third-order valence-electron chi connectivity index (χ3n) is 2.92. The number of aliphatic hydroxyl groups excluding tert-OH is 1. The van der Waals surface area contributed by atoms with Gasteiger partial charge < -0.3 is 15.2 Å². The SMILES string of the molecule is COCc1ccc(CNCCCCCCO)cc1. The molecule has 18 heavy (non-hydrogen) atoms. The van der Waals surface area contributed by atoms with Crippen LogP contribution in [0.1, 0.15) is 36.8 Å². The largest absolute Gasteiger partial charge is 0.396 e. The first kappa shape index (κ1) is 15.2. The van der Waals surface area contributed by atoms with E-state index in [9.17, 15) is 0 Å². The molecule has 0 fully saturated rings. The lowest BCUT2D eigenvalue weighted by Crippen LogP contribution is -2.14. The summed E-state index contributed by atoms with van der Waals surface area (Å²) >= 11 is 0. The zero-order valence-corrected chi connectivity index (χ0v) is 11.3. The van der Waals surface area contributed by atoms with Crippen molar-refractivity contribution >= 4 is 0 Å². The maximum atomic E-state index is 8.65. The van der Waals surface area contributed by atoms with Crippen molar-refractivity contribution < 1.29 is 9.84 Å². The molecular weight excluding hydrogens is 226 g/mol. The number of hydrogen-bond acceptors (Lipinski definition) is 3. The van der Waals surface area contributed by atoms with Crippen molar-refractivity contribution in [1.82, 2.24) is 5.32 Å². The van der Waals surface area contributed by atoms with Gasteiger partial charge in [0.2, 0.25) is 0 Å². The number of nitrogens with one attached hydrogen (secondary N) is 1. The molecule has 0 spiro atoms. The smallest absolute Gasteiger partial charge is 0.0713 e. The van der Waals surface area contributed by atoms with Gasteiger partial charge in [-0.1, -0.05) is 37.1 Å². The normalized spacial score (nSPS) is 10.8. The van der Waals surface area contributed by atoms with Crippen LogP contribution in [0.25, 0.3) is 0 Å². The van der Waals surface area contributed by atoms with E-state index in [4.69, 9.17) is 9.84 Å². The fraction of sp³-hybridized carbons (Fsp3) is 0.600. The van der Waals surface area contributed by atoms with E-state index in [2.05, 4.69) is 29.6 Å². The number of benzene rings is 1. The monoisotopic (exact) mass is 251 g/mol. The van der Waals surface area contributed by atoms with E-state index in [0.29, 0.717) is 13.2 Å². The summed E-state index contributed by atoms with van der Waals surface area (Å²) in [5.74, 6) is 0. The Balaban J connectivity index is 2.08. The van der Waals surface area contributed by atoms with Crippen molar-refractivity contribution in [1.29, 1.82) is 0 Å². The van der Waals surface area contributed by atoms with E-state index >= 15 is 0 Å². The minimum absolute atomic E-state index is 0.321. The van der Waals surface area contributed by atoms with Crippen molar-refractivity contribution in [3.05, 3.63) is 35.4 Å². The van der Waals surface area contributed by atoms with Crippen LogP contribution in [0.5, 0.6) is 0 Å². The molecule has 3 heteroatoms. The molecule has 0 bridgehead atoms. The fourth-order valence-corrected chi connectivity index (χ4v) is 1.87. The molecule has 0 heterocycles. The van der Waals surface area contributed by atoms with Crippen molar-refractivity contribution in [2.75, 3.05) is 20.3 Å². The third-order valence-corrected chi connectivity index (χ3v) is 2.92. The molecule has 0 unspecified atom stereocenters. The topological polar surface area (TPSA) is 41.5 Å². The second kappa shape index (κ2) is 10.1. The molecule has 3 nitrogen and oxygen atoms in total. The zero-order chi connectivity index (χ0) is 13.1. The summed E-state index contributed by atoms with van der Waals surface area (Å²) in [5.41, 5.74) is 2.52. The lowest BCUT2D eigenvalue weighted by atomic mass is 10.1. The van der Waals surface area contributed by atoms with Crippen LogP contribution >= 0.6 is 0 Å². The molecule has 0 radical (unpaired) electrons. The Labute approximate surface area is 110 Å². The molecule has 0 aliphatic carbocycles. The summed E-state index contributed by atoms with van der Waals surface area (Å²) in [5, 5.41) is 12.1. The maximum absolute atomic E-state index is 8.65. The first-order chi connectivity index (χ1) is 8.86. The second-order valence-electron chi connectivity index (χ2n) is 4.56. The van der Waals surface area contributed by atoms with Gasteiger partial charge in [-0.3, -0.25) is 0 Å². The molecular formula is C15H25NO2. The minimum Gasteiger partial charge on any atom is -0.396 e. The highest BCUT2D eigenvalue weighted by Crippen LogP contribution is 2.05. The summed E-state index contributed by atoms with van der Waals surface area (Å²) in [6.07, 6.45) is 4.44. The van der Waals surface area contributed by atoms with Gasteiger partial charge in [0.25, 0.3) is 0 Å². The quantitative estimate of drug-likeness (QED) is 0.628. The van der Waals surface area contributed by atoms with Crippen molar-refractivity contribution in [3.63, 3.8) is 0 Å². The van der Waals surface area contributed by atoms with Gasteiger partial charge >= 0.3 is 0 Å². The van der Waals surface area contributed by atoms with Gasteiger partial charge in [0, 0.05) is 20.3 Å². The molecule has 2 N–H and O–H groups in total. The zero-order valence-electron chi connectivity index (χ0n) is 11.3. The third kappa shape index (κ3) is 6.74. The molecule has 1 rings (SSSR count). The minimum atomic E-state index is 0.321. The lowest BCUT2D eigenvalue weighted by molar-refractivity contribution is 0.185. The molecule has 1 aromatic rings. The van der Waals surface area contributed by atoms with Crippen LogP contribution in [0.3, 0.4) is 0 Å². The first-order valence-electron chi connectivity index (χ1n) is 6.75.